The lowest BCUT2D eigenvalue weighted by atomic mass is 10.0. The number of aryl methyl sites for hydroxylation is 2. The van der Waals surface area contributed by atoms with Crippen LogP contribution in [0.1, 0.15) is 37.0 Å². The van der Waals surface area contributed by atoms with Gasteiger partial charge in [-0.05, 0) is 42.0 Å². The molecular weight excluding hydrogens is 462 g/mol. The van der Waals surface area contributed by atoms with Crippen molar-refractivity contribution in [1.29, 1.82) is 0 Å². The van der Waals surface area contributed by atoms with Gasteiger partial charge in [0, 0.05) is 37.3 Å². The summed E-state index contributed by atoms with van der Waals surface area (Å²) < 4.78 is 24.9. The molecule has 1 aliphatic heterocycles. The molecule has 188 valence electrons. The number of nitrogens with one attached hydrogen (secondary N) is 1. The van der Waals surface area contributed by atoms with Crippen molar-refractivity contribution in [3.05, 3.63) is 70.6 Å². The second-order valence-electron chi connectivity index (χ2n) is 8.74. The Bertz CT molecular complexity index is 1120. The number of amides is 2. The zero-order chi connectivity index (χ0) is 25.3. The molecule has 7 nitrogen and oxygen atoms in total. The Kier molecular flexibility index (Phi) is 9.63. The number of anilines is 1. The van der Waals surface area contributed by atoms with E-state index < -0.39 is 21.5 Å². The highest BCUT2D eigenvalue weighted by Crippen LogP contribution is 2.22. The van der Waals surface area contributed by atoms with E-state index in [1.165, 1.54) is 6.08 Å². The predicted molar refractivity (Wildman–Crippen MR) is 141 cm³/mol. The van der Waals surface area contributed by atoms with Crippen molar-refractivity contribution in [2.45, 2.75) is 33.1 Å². The molecule has 0 unspecified atom stereocenters. The zero-order valence-corrected chi connectivity index (χ0v) is 21.4. The molecule has 3 rings (SSSR count). The second-order valence-corrected chi connectivity index (χ2v) is 10.6. The third-order valence-electron chi connectivity index (χ3n) is 6.16. The molecule has 2 aromatic carbocycles. The lowest BCUT2D eigenvalue weighted by Crippen LogP contribution is -2.39. The lowest BCUT2D eigenvalue weighted by molar-refractivity contribution is -0.128. The molecular formula is C27H35N3O4S. The molecule has 2 amide bonds. The molecule has 35 heavy (non-hydrogen) atoms. The van der Waals surface area contributed by atoms with Crippen LogP contribution in [0.25, 0.3) is 6.08 Å². The fraction of sp³-hybridized carbons (Fsp3) is 0.407. The van der Waals surface area contributed by atoms with E-state index >= 15 is 0 Å². The smallest absolute Gasteiger partial charge is 0.238 e. The van der Waals surface area contributed by atoms with Crippen LogP contribution in [0.15, 0.2) is 53.9 Å². The van der Waals surface area contributed by atoms with Crippen LogP contribution in [0.5, 0.6) is 0 Å². The van der Waals surface area contributed by atoms with Crippen molar-refractivity contribution in [1.82, 2.24) is 9.80 Å². The first kappa shape index (κ1) is 26.6. The number of carbonyl (C=O) groups is 2. The second kappa shape index (κ2) is 12.7. The van der Waals surface area contributed by atoms with Gasteiger partial charge in [0.2, 0.25) is 11.8 Å². The highest BCUT2D eigenvalue weighted by atomic mass is 32.2. The van der Waals surface area contributed by atoms with E-state index in [-0.39, 0.29) is 12.5 Å². The van der Waals surface area contributed by atoms with Gasteiger partial charge in [0.1, 0.15) is 5.75 Å². The van der Waals surface area contributed by atoms with Gasteiger partial charge in [0.15, 0.2) is 9.84 Å². The summed E-state index contributed by atoms with van der Waals surface area (Å²) in [5.41, 5.74) is 3.91. The van der Waals surface area contributed by atoms with Crippen LogP contribution >= 0.6 is 0 Å². The number of para-hydroxylation sites is 1. The molecule has 2 aromatic rings. The van der Waals surface area contributed by atoms with Crippen LogP contribution in [-0.2, 0) is 32.3 Å². The minimum Gasteiger partial charge on any atom is -0.340 e. The molecule has 0 atom stereocenters. The monoisotopic (exact) mass is 497 g/mol. The van der Waals surface area contributed by atoms with Crippen molar-refractivity contribution in [3.8, 4) is 0 Å². The van der Waals surface area contributed by atoms with Gasteiger partial charge in [0.05, 0.1) is 6.54 Å². The summed E-state index contributed by atoms with van der Waals surface area (Å²) in [4.78, 5) is 29.1. The van der Waals surface area contributed by atoms with Gasteiger partial charge in [-0.1, -0.05) is 62.4 Å². The van der Waals surface area contributed by atoms with Gasteiger partial charge in [-0.3, -0.25) is 14.5 Å². The molecule has 1 saturated heterocycles. The van der Waals surface area contributed by atoms with Crippen molar-refractivity contribution in [2.75, 3.05) is 43.8 Å². The molecule has 0 spiro atoms. The van der Waals surface area contributed by atoms with Gasteiger partial charge in [-0.25, -0.2) is 8.42 Å². The third kappa shape index (κ3) is 8.04. The van der Waals surface area contributed by atoms with Gasteiger partial charge in [-0.15, -0.1) is 0 Å². The van der Waals surface area contributed by atoms with Crippen LogP contribution in [-0.4, -0.2) is 68.5 Å². The van der Waals surface area contributed by atoms with Crippen molar-refractivity contribution in [3.63, 3.8) is 0 Å². The number of nitrogens with zero attached hydrogens (tertiary/aromatic N) is 2. The number of benzene rings is 2. The normalized spacial score (nSPS) is 15.2. The highest BCUT2D eigenvalue weighted by molar-refractivity contribution is 7.95. The average Bonchev–Trinajstić information content (AvgIpc) is 3.09. The third-order valence-corrected chi connectivity index (χ3v) is 7.36. The molecule has 0 aromatic heterocycles. The van der Waals surface area contributed by atoms with Crippen molar-refractivity contribution >= 4 is 33.4 Å². The SMILES string of the molecule is CCc1cccc(CC)c1NC(=O)CN1CCCN(C(=O)CS(=O)(=O)/C=C/c2ccccc2)CC1. The summed E-state index contributed by atoms with van der Waals surface area (Å²) in [5.74, 6) is -1.03. The van der Waals surface area contributed by atoms with E-state index in [9.17, 15) is 18.0 Å². The van der Waals surface area contributed by atoms with Crippen LogP contribution in [0.2, 0.25) is 0 Å². The minimum atomic E-state index is -3.67. The number of hydrogen-bond donors (Lipinski definition) is 1. The van der Waals surface area contributed by atoms with Gasteiger partial charge in [0.25, 0.3) is 0 Å². The summed E-state index contributed by atoms with van der Waals surface area (Å²) in [5, 5.41) is 4.20. The highest BCUT2D eigenvalue weighted by Gasteiger charge is 2.24. The Labute approximate surface area is 208 Å². The maximum atomic E-state index is 12.8. The van der Waals surface area contributed by atoms with E-state index in [1.807, 2.05) is 41.3 Å². The topological polar surface area (TPSA) is 86.8 Å². The summed E-state index contributed by atoms with van der Waals surface area (Å²) in [6.45, 7) is 6.46. The van der Waals surface area contributed by atoms with Gasteiger partial charge < -0.3 is 10.2 Å². The average molecular weight is 498 g/mol. The van der Waals surface area contributed by atoms with Crippen molar-refractivity contribution < 1.29 is 18.0 Å². The number of carbonyl (C=O) groups excluding carboxylic acids is 2. The summed E-state index contributed by atoms with van der Waals surface area (Å²) in [6.07, 6.45) is 3.87. The predicted octanol–water partition coefficient (Wildman–Crippen LogP) is 3.37. The zero-order valence-electron chi connectivity index (χ0n) is 20.6. The Morgan fingerprint density at radius 3 is 2.26 bits per heavy atom. The molecule has 1 fully saturated rings. The van der Waals surface area contributed by atoms with E-state index in [0.717, 1.165) is 40.6 Å². The van der Waals surface area contributed by atoms with Gasteiger partial charge in [-0.2, -0.15) is 0 Å². The molecule has 0 bridgehead atoms. The molecule has 1 aliphatic rings. The molecule has 0 radical (unpaired) electrons. The number of rotatable bonds is 9. The van der Waals surface area contributed by atoms with Crippen LogP contribution in [0, 0.1) is 0 Å². The molecule has 0 saturated carbocycles. The molecule has 1 N–H and O–H groups in total. The lowest BCUT2D eigenvalue weighted by Gasteiger charge is -2.22. The maximum Gasteiger partial charge on any atom is 0.238 e. The number of sulfone groups is 1. The number of hydrogen-bond acceptors (Lipinski definition) is 5. The standard InChI is InChI=1S/C27H35N3O4S/c1-3-23-12-8-13-24(4-2)27(23)28-25(31)20-29-15-9-16-30(18-17-29)26(32)21-35(33,34)19-14-22-10-6-5-7-11-22/h5-8,10-14,19H,3-4,9,15-18,20-21H2,1-2H3,(H,28,31)/b19-14+. The van der Waals surface area contributed by atoms with Crippen LogP contribution < -0.4 is 5.32 Å². The van der Waals surface area contributed by atoms with Crippen LogP contribution in [0.3, 0.4) is 0 Å². The van der Waals surface area contributed by atoms with E-state index in [4.69, 9.17) is 0 Å². The van der Waals surface area contributed by atoms with Crippen LogP contribution in [0.4, 0.5) is 5.69 Å². The summed E-state index contributed by atoms with van der Waals surface area (Å²) in [6, 6.07) is 15.2. The quantitative estimate of drug-likeness (QED) is 0.574. The van der Waals surface area contributed by atoms with Crippen molar-refractivity contribution in [2.24, 2.45) is 0 Å². The van der Waals surface area contributed by atoms with Gasteiger partial charge >= 0.3 is 0 Å². The first-order valence-corrected chi connectivity index (χ1v) is 13.9. The Hall–Kier alpha value is -2.97. The summed E-state index contributed by atoms with van der Waals surface area (Å²) in [7, 11) is -3.67. The fourth-order valence-corrected chi connectivity index (χ4v) is 5.21. The fourth-order valence-electron chi connectivity index (χ4n) is 4.22. The first-order chi connectivity index (χ1) is 16.8. The summed E-state index contributed by atoms with van der Waals surface area (Å²) >= 11 is 0. The first-order valence-electron chi connectivity index (χ1n) is 12.2. The van der Waals surface area contributed by atoms with E-state index in [2.05, 4.69) is 19.2 Å². The Morgan fingerprint density at radius 2 is 1.60 bits per heavy atom. The van der Waals surface area contributed by atoms with E-state index in [1.54, 1.807) is 17.0 Å². The molecule has 0 aliphatic carbocycles. The van der Waals surface area contributed by atoms with E-state index in [0.29, 0.717) is 32.6 Å². The Morgan fingerprint density at radius 1 is 0.914 bits per heavy atom. The minimum absolute atomic E-state index is 0.0750. The largest absolute Gasteiger partial charge is 0.340 e. The Balaban J connectivity index is 1.53. The maximum absolute atomic E-state index is 12.8. The molecule has 8 heteroatoms. The molecule has 1 heterocycles.